The van der Waals surface area contributed by atoms with Crippen LogP contribution in [-0.2, 0) is 4.74 Å². The highest BCUT2D eigenvalue weighted by Crippen LogP contribution is 2.31. The van der Waals surface area contributed by atoms with Crippen LogP contribution in [0, 0.1) is 0 Å². The number of morpholine rings is 1. The molecule has 0 saturated carbocycles. The largest absolute Gasteiger partial charge is 0.495 e. The number of carbonyl (C=O) groups excluding carboxylic acids is 1. The van der Waals surface area contributed by atoms with Gasteiger partial charge in [0.15, 0.2) is 5.13 Å². The van der Waals surface area contributed by atoms with Crippen LogP contribution in [0.3, 0.4) is 0 Å². The van der Waals surface area contributed by atoms with E-state index in [1.807, 2.05) is 35.7 Å². The van der Waals surface area contributed by atoms with Gasteiger partial charge >= 0.3 is 0 Å². The van der Waals surface area contributed by atoms with Crippen LogP contribution < -0.4 is 15.0 Å². The van der Waals surface area contributed by atoms with Gasteiger partial charge in [0.1, 0.15) is 11.4 Å². The number of nitrogens with one attached hydrogen (secondary N) is 1. The molecule has 3 heterocycles. The fourth-order valence-corrected chi connectivity index (χ4v) is 3.71. The first-order valence-corrected chi connectivity index (χ1v) is 9.81. The molecule has 4 rings (SSSR count). The molecule has 0 radical (unpaired) electrons. The van der Waals surface area contributed by atoms with Crippen molar-refractivity contribution in [3.63, 3.8) is 0 Å². The molecule has 144 valence electrons. The summed E-state index contributed by atoms with van der Waals surface area (Å²) >= 11 is 1.37. The third-order valence-corrected chi connectivity index (χ3v) is 5.20. The van der Waals surface area contributed by atoms with Gasteiger partial charge in [-0.05, 0) is 30.3 Å². The third-order valence-electron chi connectivity index (χ3n) is 4.44. The summed E-state index contributed by atoms with van der Waals surface area (Å²) in [6.07, 6.45) is 1.72. The van der Waals surface area contributed by atoms with E-state index in [9.17, 15) is 4.79 Å². The number of hydrogen-bond donors (Lipinski definition) is 1. The minimum atomic E-state index is -0.209. The highest BCUT2D eigenvalue weighted by atomic mass is 32.1. The molecule has 2 aromatic heterocycles. The zero-order chi connectivity index (χ0) is 19.3. The number of methoxy groups -OCH3 is 1. The highest BCUT2D eigenvalue weighted by molar-refractivity contribution is 7.14. The number of anilines is 2. The Kier molecular flexibility index (Phi) is 5.50. The normalized spacial score (nSPS) is 14.0. The number of hydrogen-bond acceptors (Lipinski definition) is 7. The number of pyridine rings is 1. The maximum atomic E-state index is 12.8. The lowest BCUT2D eigenvalue weighted by molar-refractivity contribution is 0.102. The minimum Gasteiger partial charge on any atom is -0.495 e. The second-order valence-corrected chi connectivity index (χ2v) is 7.05. The van der Waals surface area contributed by atoms with Crippen molar-refractivity contribution >= 4 is 28.1 Å². The van der Waals surface area contributed by atoms with Crippen LogP contribution in [0.15, 0.2) is 48.0 Å². The van der Waals surface area contributed by atoms with Crippen molar-refractivity contribution in [1.29, 1.82) is 0 Å². The van der Waals surface area contributed by atoms with Gasteiger partial charge in [-0.3, -0.25) is 15.1 Å². The molecule has 0 unspecified atom stereocenters. The van der Waals surface area contributed by atoms with Crippen LogP contribution in [0.25, 0.3) is 11.4 Å². The number of ether oxygens (including phenoxy) is 2. The molecule has 1 N–H and O–H groups in total. The predicted octanol–water partition coefficient (Wildman–Crippen LogP) is 3.30. The summed E-state index contributed by atoms with van der Waals surface area (Å²) < 4.78 is 10.9. The first-order chi connectivity index (χ1) is 13.7. The van der Waals surface area contributed by atoms with Crippen molar-refractivity contribution in [3.8, 4) is 17.1 Å². The molecule has 7 nitrogen and oxygen atoms in total. The van der Waals surface area contributed by atoms with Crippen molar-refractivity contribution in [2.45, 2.75) is 0 Å². The molecule has 1 aliphatic heterocycles. The first kappa shape index (κ1) is 18.4. The number of nitrogens with zero attached hydrogens (tertiary/aromatic N) is 3. The van der Waals surface area contributed by atoms with E-state index in [1.54, 1.807) is 19.4 Å². The maximum Gasteiger partial charge on any atom is 0.257 e. The maximum absolute atomic E-state index is 12.8. The fraction of sp³-hybridized carbons (Fsp3) is 0.250. The van der Waals surface area contributed by atoms with E-state index in [2.05, 4.69) is 20.2 Å². The molecule has 1 aromatic carbocycles. The van der Waals surface area contributed by atoms with Gasteiger partial charge in [0.05, 0.1) is 31.7 Å². The standard InChI is InChI=1S/C20H20N4O3S/c1-26-18-6-5-14(12-17(18)24-8-10-27-11-9-24)19(25)23-20-22-16(13-28-20)15-4-2-3-7-21-15/h2-7,12-13H,8-11H2,1H3,(H,22,23,25). The zero-order valence-corrected chi connectivity index (χ0v) is 16.2. The molecule has 8 heteroatoms. The molecule has 0 spiro atoms. The van der Waals surface area contributed by atoms with E-state index in [4.69, 9.17) is 9.47 Å². The molecule has 3 aromatic rings. The van der Waals surface area contributed by atoms with E-state index in [1.165, 1.54) is 11.3 Å². The van der Waals surface area contributed by atoms with Gasteiger partial charge in [0.25, 0.3) is 5.91 Å². The second kappa shape index (κ2) is 8.37. The first-order valence-electron chi connectivity index (χ1n) is 8.93. The Morgan fingerprint density at radius 1 is 1.21 bits per heavy atom. The average Bonchev–Trinajstić information content (AvgIpc) is 3.23. The Balaban J connectivity index is 1.53. The Labute approximate surface area is 167 Å². The fourth-order valence-electron chi connectivity index (χ4n) is 3.01. The lowest BCUT2D eigenvalue weighted by Gasteiger charge is -2.30. The smallest absolute Gasteiger partial charge is 0.257 e. The Morgan fingerprint density at radius 3 is 2.82 bits per heavy atom. The predicted molar refractivity (Wildman–Crippen MR) is 109 cm³/mol. The van der Waals surface area contributed by atoms with Gasteiger partial charge in [0, 0.05) is 30.2 Å². The summed E-state index contributed by atoms with van der Waals surface area (Å²) in [7, 11) is 1.63. The number of benzene rings is 1. The third kappa shape index (κ3) is 3.97. The van der Waals surface area contributed by atoms with Gasteiger partial charge in [-0.15, -0.1) is 11.3 Å². The van der Waals surface area contributed by atoms with Crippen molar-refractivity contribution in [2.75, 3.05) is 43.6 Å². The summed E-state index contributed by atoms with van der Waals surface area (Å²) in [5.74, 6) is 0.532. The van der Waals surface area contributed by atoms with Crippen LogP contribution in [0.1, 0.15) is 10.4 Å². The summed E-state index contributed by atoms with van der Waals surface area (Å²) in [6, 6.07) is 11.1. The summed E-state index contributed by atoms with van der Waals surface area (Å²) in [6.45, 7) is 2.85. The summed E-state index contributed by atoms with van der Waals surface area (Å²) in [5.41, 5.74) is 2.96. The Hall–Kier alpha value is -2.97. The highest BCUT2D eigenvalue weighted by Gasteiger charge is 2.18. The SMILES string of the molecule is COc1ccc(C(=O)Nc2nc(-c3ccccn3)cs2)cc1N1CCOCC1. The van der Waals surface area contributed by atoms with Gasteiger partial charge in [0.2, 0.25) is 0 Å². The van der Waals surface area contributed by atoms with E-state index in [0.717, 1.165) is 35.9 Å². The van der Waals surface area contributed by atoms with Gasteiger partial charge < -0.3 is 14.4 Å². The average molecular weight is 396 g/mol. The zero-order valence-electron chi connectivity index (χ0n) is 15.4. The summed E-state index contributed by atoms with van der Waals surface area (Å²) in [5, 5.41) is 5.29. The molecule has 0 bridgehead atoms. The minimum absolute atomic E-state index is 0.209. The molecule has 28 heavy (non-hydrogen) atoms. The molecule has 1 fully saturated rings. The molecule has 0 aliphatic carbocycles. The van der Waals surface area contributed by atoms with Crippen molar-refractivity contribution in [2.24, 2.45) is 0 Å². The van der Waals surface area contributed by atoms with Crippen LogP contribution in [0.4, 0.5) is 10.8 Å². The number of carbonyl (C=O) groups is 1. The van der Waals surface area contributed by atoms with Crippen LogP contribution >= 0.6 is 11.3 Å². The van der Waals surface area contributed by atoms with E-state index in [0.29, 0.717) is 23.9 Å². The van der Waals surface area contributed by atoms with Gasteiger partial charge in [-0.2, -0.15) is 0 Å². The van der Waals surface area contributed by atoms with Crippen LogP contribution in [0.2, 0.25) is 0 Å². The Morgan fingerprint density at radius 2 is 2.07 bits per heavy atom. The quantitative estimate of drug-likeness (QED) is 0.713. The lowest BCUT2D eigenvalue weighted by atomic mass is 10.1. The van der Waals surface area contributed by atoms with Gasteiger partial charge in [-0.1, -0.05) is 6.07 Å². The van der Waals surface area contributed by atoms with Crippen molar-refractivity contribution in [3.05, 3.63) is 53.5 Å². The molecule has 1 saturated heterocycles. The lowest BCUT2D eigenvalue weighted by Crippen LogP contribution is -2.36. The number of rotatable bonds is 5. The van der Waals surface area contributed by atoms with Crippen LogP contribution in [0.5, 0.6) is 5.75 Å². The Bertz CT molecular complexity index is 955. The monoisotopic (exact) mass is 396 g/mol. The van der Waals surface area contributed by atoms with E-state index >= 15 is 0 Å². The number of thiazole rings is 1. The molecular weight excluding hydrogens is 376 g/mol. The summed E-state index contributed by atoms with van der Waals surface area (Å²) in [4.78, 5) is 23.7. The molecule has 1 amide bonds. The van der Waals surface area contributed by atoms with E-state index < -0.39 is 0 Å². The number of amides is 1. The molecule has 1 aliphatic rings. The van der Waals surface area contributed by atoms with E-state index in [-0.39, 0.29) is 5.91 Å². The second-order valence-electron chi connectivity index (χ2n) is 6.19. The molecule has 0 atom stereocenters. The number of aromatic nitrogens is 2. The van der Waals surface area contributed by atoms with Crippen molar-refractivity contribution < 1.29 is 14.3 Å². The van der Waals surface area contributed by atoms with Crippen LogP contribution in [-0.4, -0.2) is 49.3 Å². The van der Waals surface area contributed by atoms with Gasteiger partial charge in [-0.25, -0.2) is 4.98 Å². The molecular formula is C20H20N4O3S. The van der Waals surface area contributed by atoms with Crippen molar-refractivity contribution in [1.82, 2.24) is 9.97 Å². The topological polar surface area (TPSA) is 76.6 Å².